The highest BCUT2D eigenvalue weighted by atomic mass is 31.2. The van der Waals surface area contributed by atoms with Crippen molar-refractivity contribution < 1.29 is 29.1 Å². The summed E-state index contributed by atoms with van der Waals surface area (Å²) >= 11 is 0. The van der Waals surface area contributed by atoms with Crippen LogP contribution in [-0.4, -0.2) is 20.0 Å². The maximum atomic E-state index is 11.1. The number of aromatic hydroxyl groups is 2. The largest absolute Gasteiger partial charge is 0.508 e. The Morgan fingerprint density at radius 3 is 1.60 bits per heavy atom. The highest BCUT2D eigenvalue weighted by Gasteiger charge is 2.28. The number of phosphoric acid groups is 1. The SMILES string of the molecule is O=P(O)(O)OC(c1ccccc1O)c1ccccc1O. The van der Waals surface area contributed by atoms with Crippen molar-refractivity contribution in [2.75, 3.05) is 0 Å². The second-order valence-electron chi connectivity index (χ2n) is 4.09. The van der Waals surface area contributed by atoms with Gasteiger partial charge in [-0.1, -0.05) is 36.4 Å². The van der Waals surface area contributed by atoms with Crippen molar-refractivity contribution >= 4 is 7.82 Å². The molecule has 106 valence electrons. The molecule has 0 saturated heterocycles. The zero-order valence-electron chi connectivity index (χ0n) is 10.2. The smallest absolute Gasteiger partial charge is 0.470 e. The molecule has 0 atom stereocenters. The molecule has 0 spiro atoms. The van der Waals surface area contributed by atoms with E-state index in [1.807, 2.05) is 0 Å². The summed E-state index contributed by atoms with van der Waals surface area (Å²) in [6.07, 6.45) is -1.28. The van der Waals surface area contributed by atoms with Crippen molar-refractivity contribution in [1.82, 2.24) is 0 Å². The third-order valence-corrected chi connectivity index (χ3v) is 3.17. The number of phosphoric ester groups is 1. The molecular weight excluding hydrogens is 283 g/mol. The Kier molecular flexibility index (Phi) is 4.11. The van der Waals surface area contributed by atoms with Gasteiger partial charge in [0.1, 0.15) is 17.6 Å². The van der Waals surface area contributed by atoms with Crippen molar-refractivity contribution in [3.63, 3.8) is 0 Å². The van der Waals surface area contributed by atoms with Crippen molar-refractivity contribution in [2.24, 2.45) is 0 Å². The zero-order valence-corrected chi connectivity index (χ0v) is 11.1. The van der Waals surface area contributed by atoms with E-state index in [1.165, 1.54) is 24.3 Å². The first-order valence-corrected chi connectivity index (χ1v) is 7.21. The monoisotopic (exact) mass is 296 g/mol. The topological polar surface area (TPSA) is 107 Å². The van der Waals surface area contributed by atoms with E-state index < -0.39 is 13.9 Å². The molecule has 4 N–H and O–H groups in total. The lowest BCUT2D eigenvalue weighted by Gasteiger charge is -2.20. The second-order valence-corrected chi connectivity index (χ2v) is 5.29. The van der Waals surface area contributed by atoms with Gasteiger partial charge in [0.15, 0.2) is 0 Å². The molecule has 0 aliphatic carbocycles. The molecule has 0 aromatic heterocycles. The molecule has 0 saturated carbocycles. The Hall–Kier alpha value is -1.85. The van der Waals surface area contributed by atoms with Crippen LogP contribution in [0.15, 0.2) is 48.5 Å². The zero-order chi connectivity index (χ0) is 14.8. The van der Waals surface area contributed by atoms with E-state index in [9.17, 15) is 14.8 Å². The van der Waals surface area contributed by atoms with E-state index in [4.69, 9.17) is 14.3 Å². The average molecular weight is 296 g/mol. The highest BCUT2D eigenvalue weighted by Crippen LogP contribution is 2.47. The summed E-state index contributed by atoms with van der Waals surface area (Å²) in [6, 6.07) is 12.0. The number of benzene rings is 2. The molecule has 6 nitrogen and oxygen atoms in total. The number of para-hydroxylation sites is 2. The molecule has 0 bridgehead atoms. The third-order valence-electron chi connectivity index (χ3n) is 2.68. The van der Waals surface area contributed by atoms with Crippen molar-refractivity contribution in [3.05, 3.63) is 59.7 Å². The summed E-state index contributed by atoms with van der Waals surface area (Å²) in [5.41, 5.74) is 0.301. The van der Waals surface area contributed by atoms with Gasteiger partial charge in [0, 0.05) is 11.1 Å². The Balaban J connectivity index is 2.54. The number of phenolic OH excluding ortho intramolecular Hbond substituents is 2. The van der Waals surface area contributed by atoms with Crippen molar-refractivity contribution in [1.29, 1.82) is 0 Å². The molecule has 7 heteroatoms. The van der Waals surface area contributed by atoms with Gasteiger partial charge in [-0.3, -0.25) is 4.52 Å². The summed E-state index contributed by atoms with van der Waals surface area (Å²) < 4.78 is 15.8. The number of rotatable bonds is 4. The lowest BCUT2D eigenvalue weighted by Crippen LogP contribution is -2.05. The molecule has 2 aromatic rings. The Labute approximate surface area is 115 Å². The van der Waals surface area contributed by atoms with Gasteiger partial charge >= 0.3 is 7.82 Å². The number of hydrogen-bond donors (Lipinski definition) is 4. The van der Waals surface area contributed by atoms with Crippen LogP contribution in [0.1, 0.15) is 17.2 Å². The maximum absolute atomic E-state index is 11.1. The van der Waals surface area contributed by atoms with Crippen LogP contribution >= 0.6 is 7.82 Å². The normalized spacial score (nSPS) is 11.8. The van der Waals surface area contributed by atoms with Crippen LogP contribution in [0.5, 0.6) is 11.5 Å². The van der Waals surface area contributed by atoms with E-state index >= 15 is 0 Å². The maximum Gasteiger partial charge on any atom is 0.470 e. The van der Waals surface area contributed by atoms with Crippen LogP contribution in [0.2, 0.25) is 0 Å². The molecule has 0 aliphatic heterocycles. The van der Waals surface area contributed by atoms with Crippen molar-refractivity contribution in [2.45, 2.75) is 6.10 Å². The lowest BCUT2D eigenvalue weighted by molar-refractivity contribution is 0.154. The Morgan fingerprint density at radius 1 is 0.850 bits per heavy atom. The fraction of sp³-hybridized carbons (Fsp3) is 0.0769. The fourth-order valence-corrected chi connectivity index (χ4v) is 2.34. The van der Waals surface area contributed by atoms with Gasteiger partial charge < -0.3 is 20.0 Å². The van der Waals surface area contributed by atoms with Crippen LogP contribution in [0.4, 0.5) is 0 Å². The molecule has 0 aliphatic rings. The third kappa shape index (κ3) is 3.37. The van der Waals surface area contributed by atoms with Gasteiger partial charge in [0.05, 0.1) is 0 Å². The average Bonchev–Trinajstić information content (AvgIpc) is 2.37. The van der Waals surface area contributed by atoms with Crippen LogP contribution in [0.3, 0.4) is 0 Å². The van der Waals surface area contributed by atoms with Gasteiger partial charge in [0.25, 0.3) is 0 Å². The summed E-state index contributed by atoms with van der Waals surface area (Å²) in [5, 5.41) is 19.6. The van der Waals surface area contributed by atoms with Crippen LogP contribution < -0.4 is 0 Å². The minimum absolute atomic E-state index is 0.150. The molecule has 0 fully saturated rings. The molecule has 20 heavy (non-hydrogen) atoms. The summed E-state index contributed by atoms with van der Waals surface area (Å²) in [7, 11) is -4.81. The standard InChI is InChI=1S/C13H13O6P/c14-11-7-3-1-5-9(11)13(19-20(16,17)18)10-6-2-4-8-12(10)15/h1-8,13-15H,(H2,16,17,18). The second kappa shape index (κ2) is 5.64. The van der Waals surface area contributed by atoms with Gasteiger partial charge in [-0.25, -0.2) is 4.57 Å². The van der Waals surface area contributed by atoms with E-state index in [0.29, 0.717) is 0 Å². The predicted molar refractivity (Wildman–Crippen MR) is 71.2 cm³/mol. The molecular formula is C13H13O6P. The first-order chi connectivity index (χ1) is 9.38. The van der Waals surface area contributed by atoms with E-state index in [-0.39, 0.29) is 22.6 Å². The first-order valence-electron chi connectivity index (χ1n) is 5.68. The summed E-state index contributed by atoms with van der Waals surface area (Å²) in [4.78, 5) is 18.0. The first kappa shape index (κ1) is 14.6. The minimum Gasteiger partial charge on any atom is -0.508 e. The van der Waals surface area contributed by atoms with Crippen LogP contribution in [0, 0.1) is 0 Å². The number of hydrogen-bond acceptors (Lipinski definition) is 4. The molecule has 0 radical (unpaired) electrons. The molecule has 2 rings (SSSR count). The summed E-state index contributed by atoms with van der Waals surface area (Å²) in [6.45, 7) is 0. The van der Waals surface area contributed by atoms with Crippen LogP contribution in [-0.2, 0) is 9.09 Å². The van der Waals surface area contributed by atoms with Gasteiger partial charge in [-0.15, -0.1) is 0 Å². The van der Waals surface area contributed by atoms with E-state index in [0.717, 1.165) is 0 Å². The molecule has 0 heterocycles. The molecule has 0 amide bonds. The van der Waals surface area contributed by atoms with Gasteiger partial charge in [-0.2, -0.15) is 0 Å². The van der Waals surface area contributed by atoms with Crippen molar-refractivity contribution in [3.8, 4) is 11.5 Å². The molecule has 0 unspecified atom stereocenters. The van der Waals surface area contributed by atoms with Gasteiger partial charge in [0.2, 0.25) is 0 Å². The Morgan fingerprint density at radius 2 is 1.25 bits per heavy atom. The minimum atomic E-state index is -4.81. The highest BCUT2D eigenvalue weighted by molar-refractivity contribution is 7.46. The molecule has 2 aromatic carbocycles. The number of phenols is 2. The Bertz CT molecular complexity index is 605. The fourth-order valence-electron chi connectivity index (χ4n) is 1.84. The van der Waals surface area contributed by atoms with Gasteiger partial charge in [-0.05, 0) is 12.1 Å². The van der Waals surface area contributed by atoms with E-state index in [2.05, 4.69) is 0 Å². The predicted octanol–water partition coefficient (Wildman–Crippen LogP) is 2.30. The summed E-state index contributed by atoms with van der Waals surface area (Å²) in [5.74, 6) is -0.372. The van der Waals surface area contributed by atoms with E-state index in [1.54, 1.807) is 24.3 Å². The lowest BCUT2D eigenvalue weighted by atomic mass is 10.00. The quantitative estimate of drug-likeness (QED) is 0.645. The van der Waals surface area contributed by atoms with Crippen LogP contribution in [0.25, 0.3) is 0 Å².